The summed E-state index contributed by atoms with van der Waals surface area (Å²) in [6.07, 6.45) is -1.03. The van der Waals surface area contributed by atoms with Crippen LogP contribution in [-0.2, 0) is 23.8 Å². The second kappa shape index (κ2) is 9.00. The highest BCUT2D eigenvalue weighted by Gasteiger charge is 2.23. The maximum Gasteiger partial charge on any atom is 0.407 e. The third-order valence-electron chi connectivity index (χ3n) is 3.16. The van der Waals surface area contributed by atoms with Crippen molar-refractivity contribution in [3.8, 4) is 0 Å². The monoisotopic (exact) mass is 387 g/mol. The fourth-order valence-electron chi connectivity index (χ4n) is 1.91. The van der Waals surface area contributed by atoms with Gasteiger partial charge in [-0.1, -0.05) is 17.7 Å². The van der Waals surface area contributed by atoms with Crippen molar-refractivity contribution < 1.29 is 32.0 Å². The predicted octanol–water partition coefficient (Wildman–Crippen LogP) is 2.46. The zero-order chi connectivity index (χ0) is 20.0. The molecule has 2 N–H and O–H groups in total. The average molecular weight is 387 g/mol. The molecule has 0 fully saturated rings. The van der Waals surface area contributed by atoms with E-state index in [-0.39, 0.29) is 17.7 Å². The lowest BCUT2D eigenvalue weighted by Gasteiger charge is -2.23. The molecule has 0 radical (unpaired) electrons. The number of carbonyl (C=O) groups excluding carboxylic acids is 1. The molecule has 0 saturated heterocycles. The summed E-state index contributed by atoms with van der Waals surface area (Å²) < 4.78 is 34.5. The summed E-state index contributed by atoms with van der Waals surface area (Å²) >= 11 is 0. The van der Waals surface area contributed by atoms with Gasteiger partial charge in [0.25, 0.3) is 10.1 Å². The molecule has 0 aromatic heterocycles. The average Bonchev–Trinajstić information content (AvgIpc) is 2.48. The number of ether oxygens (including phenoxy) is 1. The summed E-state index contributed by atoms with van der Waals surface area (Å²) in [7, 11) is -4.02. The molecular formula is C17H25NO7S. The third-order valence-corrected chi connectivity index (χ3v) is 4.46. The lowest BCUT2D eigenvalue weighted by molar-refractivity contribution is -0.137. The number of alkyl carbamates (subject to hydrolysis) is 1. The van der Waals surface area contributed by atoms with Crippen molar-refractivity contribution in [1.29, 1.82) is 0 Å². The van der Waals surface area contributed by atoms with E-state index in [1.807, 2.05) is 6.92 Å². The van der Waals surface area contributed by atoms with Crippen molar-refractivity contribution in [2.24, 2.45) is 0 Å². The maximum absolute atomic E-state index is 12.2. The first-order valence-corrected chi connectivity index (χ1v) is 9.47. The Hall–Kier alpha value is -2.13. The van der Waals surface area contributed by atoms with Gasteiger partial charge in [0, 0.05) is 6.42 Å². The molecular weight excluding hydrogens is 362 g/mol. The van der Waals surface area contributed by atoms with Gasteiger partial charge in [-0.05, 0) is 46.2 Å². The zero-order valence-electron chi connectivity index (χ0n) is 15.3. The summed E-state index contributed by atoms with van der Waals surface area (Å²) in [5, 5.41) is 11.3. The van der Waals surface area contributed by atoms with E-state index in [0.717, 1.165) is 5.56 Å². The van der Waals surface area contributed by atoms with Crippen LogP contribution in [0, 0.1) is 6.92 Å². The van der Waals surface area contributed by atoms with Crippen molar-refractivity contribution in [3.63, 3.8) is 0 Å². The lowest BCUT2D eigenvalue weighted by atomic mass is 10.1. The number of hydrogen-bond acceptors (Lipinski definition) is 6. The Morgan fingerprint density at radius 3 is 2.27 bits per heavy atom. The minimum atomic E-state index is -4.02. The van der Waals surface area contributed by atoms with Crippen molar-refractivity contribution in [2.75, 3.05) is 6.61 Å². The van der Waals surface area contributed by atoms with Crippen LogP contribution in [0.5, 0.6) is 0 Å². The zero-order valence-corrected chi connectivity index (χ0v) is 16.1. The van der Waals surface area contributed by atoms with Gasteiger partial charge < -0.3 is 15.2 Å². The molecule has 1 aromatic rings. The minimum absolute atomic E-state index is 0.00199. The smallest absolute Gasteiger partial charge is 0.407 e. The number of amides is 1. The van der Waals surface area contributed by atoms with Crippen molar-refractivity contribution in [3.05, 3.63) is 29.8 Å². The number of aryl methyl sites for hydroxylation is 1. The van der Waals surface area contributed by atoms with Crippen molar-refractivity contribution >= 4 is 22.2 Å². The number of nitrogens with one attached hydrogen (secondary N) is 1. The van der Waals surface area contributed by atoms with Gasteiger partial charge in [0.1, 0.15) is 5.60 Å². The first-order valence-electron chi connectivity index (χ1n) is 8.06. The molecule has 8 nitrogen and oxygen atoms in total. The fourth-order valence-corrected chi connectivity index (χ4v) is 2.86. The molecule has 26 heavy (non-hydrogen) atoms. The molecule has 1 atom stereocenters. The van der Waals surface area contributed by atoms with E-state index in [1.54, 1.807) is 32.9 Å². The molecule has 0 aliphatic rings. The Kier molecular flexibility index (Phi) is 7.58. The van der Waals surface area contributed by atoms with Gasteiger partial charge in [-0.15, -0.1) is 0 Å². The van der Waals surface area contributed by atoms with E-state index in [1.165, 1.54) is 12.1 Å². The number of carboxylic acids is 1. The molecule has 0 saturated carbocycles. The first-order chi connectivity index (χ1) is 11.9. The molecule has 1 aromatic carbocycles. The van der Waals surface area contributed by atoms with Gasteiger partial charge in [0.15, 0.2) is 0 Å². The largest absolute Gasteiger partial charge is 0.481 e. The van der Waals surface area contributed by atoms with E-state index in [9.17, 15) is 18.0 Å². The Morgan fingerprint density at radius 2 is 1.77 bits per heavy atom. The molecule has 1 unspecified atom stereocenters. The summed E-state index contributed by atoms with van der Waals surface area (Å²) in [6, 6.07) is 5.27. The van der Waals surface area contributed by atoms with Crippen molar-refractivity contribution in [1.82, 2.24) is 5.32 Å². The Morgan fingerprint density at radius 1 is 1.19 bits per heavy atom. The van der Waals surface area contributed by atoms with Crippen LogP contribution >= 0.6 is 0 Å². The van der Waals surface area contributed by atoms with E-state index in [4.69, 9.17) is 14.0 Å². The van der Waals surface area contributed by atoms with Crippen LogP contribution in [0.4, 0.5) is 4.79 Å². The SMILES string of the molecule is Cc1ccc(S(=O)(=O)OCC(CCC(=O)O)NC(=O)OC(C)(C)C)cc1. The van der Waals surface area contributed by atoms with E-state index >= 15 is 0 Å². The number of hydrogen-bond donors (Lipinski definition) is 2. The van der Waals surface area contributed by atoms with Crippen LogP contribution in [0.2, 0.25) is 0 Å². The summed E-state index contributed by atoms with van der Waals surface area (Å²) in [6.45, 7) is 6.46. The topological polar surface area (TPSA) is 119 Å². The maximum atomic E-state index is 12.2. The molecule has 1 rings (SSSR count). The molecule has 0 bridgehead atoms. The number of rotatable bonds is 8. The van der Waals surface area contributed by atoms with E-state index < -0.39 is 40.4 Å². The normalized spacial score (nSPS) is 13.1. The molecule has 0 heterocycles. The minimum Gasteiger partial charge on any atom is -0.481 e. The molecule has 0 spiro atoms. The molecule has 0 aliphatic carbocycles. The van der Waals surface area contributed by atoms with Gasteiger partial charge in [-0.25, -0.2) is 4.79 Å². The lowest BCUT2D eigenvalue weighted by Crippen LogP contribution is -2.42. The summed E-state index contributed by atoms with van der Waals surface area (Å²) in [4.78, 5) is 22.6. The van der Waals surface area contributed by atoms with Gasteiger partial charge in [-0.2, -0.15) is 8.42 Å². The van der Waals surface area contributed by atoms with Gasteiger partial charge in [-0.3, -0.25) is 8.98 Å². The second-order valence-electron chi connectivity index (χ2n) is 6.83. The van der Waals surface area contributed by atoms with Crippen molar-refractivity contribution in [2.45, 2.75) is 57.1 Å². The number of benzene rings is 1. The van der Waals surface area contributed by atoms with Gasteiger partial charge >= 0.3 is 12.1 Å². The van der Waals surface area contributed by atoms with Crippen LogP contribution in [-0.4, -0.2) is 43.8 Å². The Labute approximate surface area is 153 Å². The highest BCUT2D eigenvalue weighted by Crippen LogP contribution is 2.14. The number of aliphatic carboxylic acids is 1. The second-order valence-corrected chi connectivity index (χ2v) is 8.44. The quantitative estimate of drug-likeness (QED) is 0.658. The van der Waals surface area contributed by atoms with Crippen LogP contribution in [0.15, 0.2) is 29.2 Å². The molecule has 146 valence electrons. The van der Waals surface area contributed by atoms with Crippen LogP contribution < -0.4 is 5.32 Å². The van der Waals surface area contributed by atoms with Crippen LogP contribution in [0.3, 0.4) is 0 Å². The molecule has 1 amide bonds. The first kappa shape index (κ1) is 21.9. The number of carboxylic acid groups (broad SMARTS) is 1. The highest BCUT2D eigenvalue weighted by atomic mass is 32.2. The predicted molar refractivity (Wildman–Crippen MR) is 94.3 cm³/mol. The highest BCUT2D eigenvalue weighted by molar-refractivity contribution is 7.86. The van der Waals surface area contributed by atoms with Gasteiger partial charge in [0.05, 0.1) is 17.5 Å². The van der Waals surface area contributed by atoms with Gasteiger partial charge in [0.2, 0.25) is 0 Å². The van der Waals surface area contributed by atoms with Crippen LogP contribution in [0.1, 0.15) is 39.2 Å². The fraction of sp³-hybridized carbons (Fsp3) is 0.529. The van der Waals surface area contributed by atoms with E-state index in [0.29, 0.717) is 0 Å². The summed E-state index contributed by atoms with van der Waals surface area (Å²) in [5.41, 5.74) is 0.158. The standard InChI is InChI=1S/C17H25NO7S/c1-12-5-8-14(9-6-12)26(22,23)24-11-13(7-10-15(19)20)18-16(21)25-17(2,3)4/h5-6,8-9,13H,7,10-11H2,1-4H3,(H,18,21)(H,19,20). The Balaban J connectivity index is 2.76. The number of carbonyl (C=O) groups is 2. The summed E-state index contributed by atoms with van der Waals surface area (Å²) in [5.74, 6) is -1.07. The molecule has 9 heteroatoms. The molecule has 0 aliphatic heterocycles. The Bertz CT molecular complexity index is 720. The third kappa shape index (κ3) is 8.30. The van der Waals surface area contributed by atoms with E-state index in [2.05, 4.69) is 5.32 Å². The van der Waals surface area contributed by atoms with Crippen LogP contribution in [0.25, 0.3) is 0 Å².